The summed E-state index contributed by atoms with van der Waals surface area (Å²) in [6.07, 6.45) is 6.84. The lowest BCUT2D eigenvalue weighted by Gasteiger charge is -2.41. The molecule has 6 rings (SSSR count). The highest BCUT2D eigenvalue weighted by molar-refractivity contribution is 5.88. The van der Waals surface area contributed by atoms with Crippen molar-refractivity contribution in [2.75, 3.05) is 30.2 Å². The average molecular weight is 486 g/mol. The van der Waals surface area contributed by atoms with Crippen molar-refractivity contribution in [1.82, 2.24) is 9.55 Å². The summed E-state index contributed by atoms with van der Waals surface area (Å²) in [6, 6.07) is 14.4. The Kier molecular flexibility index (Phi) is 5.71. The molecule has 186 valence electrons. The molecule has 0 unspecified atom stereocenters. The van der Waals surface area contributed by atoms with Crippen LogP contribution in [0.4, 0.5) is 11.4 Å². The van der Waals surface area contributed by atoms with E-state index in [1.54, 1.807) is 23.7 Å². The van der Waals surface area contributed by atoms with Gasteiger partial charge in [-0.3, -0.25) is 4.79 Å². The van der Waals surface area contributed by atoms with E-state index in [4.69, 9.17) is 9.47 Å². The summed E-state index contributed by atoms with van der Waals surface area (Å²) in [6.45, 7) is 1.38. The molecule has 36 heavy (non-hydrogen) atoms. The molecule has 2 fully saturated rings. The van der Waals surface area contributed by atoms with Gasteiger partial charge in [-0.15, -0.1) is 0 Å². The van der Waals surface area contributed by atoms with E-state index in [9.17, 15) is 10.1 Å². The first-order valence-electron chi connectivity index (χ1n) is 12.8. The lowest BCUT2D eigenvalue weighted by atomic mass is 9.88. The minimum absolute atomic E-state index is 0.0667. The fourth-order valence-corrected chi connectivity index (χ4v) is 5.70. The van der Waals surface area contributed by atoms with Crippen LogP contribution in [0, 0.1) is 17.2 Å². The van der Waals surface area contributed by atoms with Crippen LogP contribution in [-0.4, -0.2) is 42.0 Å². The minimum atomic E-state index is -0.0667. The smallest absolute Gasteiger partial charge is 0.252 e. The van der Waals surface area contributed by atoms with E-state index in [1.165, 1.54) is 18.5 Å². The predicted octanol–water partition coefficient (Wildman–Crippen LogP) is 4.20. The summed E-state index contributed by atoms with van der Waals surface area (Å²) >= 11 is 0. The molecule has 1 aromatic carbocycles. The Morgan fingerprint density at radius 2 is 1.78 bits per heavy atom. The standard InChI is InChI=1S/C28H31N5O3/c1-31(24-14-27(34)32(2)23-11-5-19(15-29)30-28(23)24)20-6-8-21(9-7-20)33(16-18-3-4-18)22-10-12-25-26(13-22)36-17-35-25/h5,10-14,18,20-21H,3-4,6-9,16-17H2,1-2H3/t20-,21-. The van der Waals surface area contributed by atoms with Crippen molar-refractivity contribution in [3.63, 3.8) is 0 Å². The second-order valence-electron chi connectivity index (χ2n) is 10.3. The fraction of sp³-hybridized carbons (Fsp3) is 0.464. The van der Waals surface area contributed by atoms with Crippen LogP contribution in [0.15, 0.2) is 41.2 Å². The number of nitrogens with zero attached hydrogens (tertiary/aromatic N) is 5. The van der Waals surface area contributed by atoms with E-state index in [0.717, 1.165) is 60.8 Å². The molecule has 0 atom stereocenters. The molecule has 8 nitrogen and oxygen atoms in total. The molecule has 3 aromatic rings. The summed E-state index contributed by atoms with van der Waals surface area (Å²) in [5.41, 5.74) is 3.77. The minimum Gasteiger partial charge on any atom is -0.454 e. The molecule has 3 heterocycles. The number of ether oxygens (including phenoxy) is 2. The first-order valence-corrected chi connectivity index (χ1v) is 12.8. The van der Waals surface area contributed by atoms with Gasteiger partial charge in [0.15, 0.2) is 11.5 Å². The van der Waals surface area contributed by atoms with Gasteiger partial charge in [0, 0.05) is 50.5 Å². The number of hydrogen-bond donors (Lipinski definition) is 0. The molecular weight excluding hydrogens is 454 g/mol. The van der Waals surface area contributed by atoms with E-state index in [1.807, 2.05) is 12.1 Å². The number of aryl methyl sites for hydroxylation is 1. The van der Waals surface area contributed by atoms with Crippen molar-refractivity contribution < 1.29 is 9.47 Å². The molecule has 3 aliphatic rings. The van der Waals surface area contributed by atoms with Crippen LogP contribution in [-0.2, 0) is 7.05 Å². The molecule has 0 radical (unpaired) electrons. The summed E-state index contributed by atoms with van der Waals surface area (Å²) in [5, 5.41) is 9.38. The van der Waals surface area contributed by atoms with E-state index in [0.29, 0.717) is 30.1 Å². The molecule has 0 bridgehead atoms. The maximum absolute atomic E-state index is 12.7. The molecule has 0 amide bonds. The largest absolute Gasteiger partial charge is 0.454 e. The van der Waals surface area contributed by atoms with E-state index in [2.05, 4.69) is 40.0 Å². The van der Waals surface area contributed by atoms with Crippen LogP contribution in [0.25, 0.3) is 11.0 Å². The van der Waals surface area contributed by atoms with E-state index < -0.39 is 0 Å². The number of fused-ring (bicyclic) bond motifs is 2. The van der Waals surface area contributed by atoms with Crippen molar-refractivity contribution >= 4 is 22.4 Å². The fourth-order valence-electron chi connectivity index (χ4n) is 5.70. The van der Waals surface area contributed by atoms with Gasteiger partial charge in [-0.1, -0.05) is 0 Å². The van der Waals surface area contributed by atoms with Crippen molar-refractivity contribution in [2.45, 2.75) is 50.6 Å². The topological polar surface area (TPSA) is 83.6 Å². The van der Waals surface area contributed by atoms with Crippen molar-refractivity contribution in [3.8, 4) is 17.6 Å². The maximum atomic E-state index is 12.7. The SMILES string of the molecule is Cn1c(=O)cc(N(C)[C@H]2CC[C@H](N(CC3CC3)c3ccc4c(c3)OCO4)CC2)c2nc(C#N)ccc21. The number of aromatic nitrogens is 2. The zero-order chi connectivity index (χ0) is 24.8. The van der Waals surface area contributed by atoms with Crippen LogP contribution in [0.3, 0.4) is 0 Å². The van der Waals surface area contributed by atoms with Gasteiger partial charge in [0.2, 0.25) is 6.79 Å². The summed E-state index contributed by atoms with van der Waals surface area (Å²) in [7, 11) is 3.80. The Labute approximate surface area is 210 Å². The second kappa shape index (κ2) is 9.05. The lowest BCUT2D eigenvalue weighted by molar-refractivity contribution is 0.174. The molecule has 2 aromatic heterocycles. The van der Waals surface area contributed by atoms with Crippen LogP contribution in [0.5, 0.6) is 11.5 Å². The zero-order valence-electron chi connectivity index (χ0n) is 20.8. The molecule has 8 heteroatoms. The lowest BCUT2D eigenvalue weighted by Crippen LogP contribution is -2.44. The van der Waals surface area contributed by atoms with Crippen molar-refractivity contribution in [1.29, 1.82) is 5.26 Å². The van der Waals surface area contributed by atoms with Gasteiger partial charge in [-0.25, -0.2) is 4.98 Å². The van der Waals surface area contributed by atoms with Gasteiger partial charge in [0.05, 0.1) is 11.2 Å². The van der Waals surface area contributed by atoms with Gasteiger partial charge in [0.25, 0.3) is 5.56 Å². The number of rotatable bonds is 6. The molecule has 0 saturated heterocycles. The molecule has 2 saturated carbocycles. The normalized spacial score (nSPS) is 20.8. The quantitative estimate of drug-likeness (QED) is 0.517. The Morgan fingerprint density at radius 3 is 2.53 bits per heavy atom. The first-order chi connectivity index (χ1) is 17.5. The number of nitriles is 1. The van der Waals surface area contributed by atoms with Crippen LogP contribution < -0.4 is 24.8 Å². The van der Waals surface area contributed by atoms with Crippen LogP contribution in [0.1, 0.15) is 44.2 Å². The highest BCUT2D eigenvalue weighted by Gasteiger charge is 2.33. The molecule has 1 aliphatic heterocycles. The molecule has 0 N–H and O–H groups in total. The summed E-state index contributed by atoms with van der Waals surface area (Å²) < 4.78 is 12.8. The van der Waals surface area contributed by atoms with Gasteiger partial charge >= 0.3 is 0 Å². The zero-order valence-corrected chi connectivity index (χ0v) is 20.8. The second-order valence-corrected chi connectivity index (χ2v) is 10.3. The Balaban J connectivity index is 1.23. The van der Waals surface area contributed by atoms with Crippen LogP contribution in [0.2, 0.25) is 0 Å². The monoisotopic (exact) mass is 485 g/mol. The third kappa shape index (κ3) is 4.13. The van der Waals surface area contributed by atoms with Gasteiger partial charge in [0.1, 0.15) is 17.3 Å². The number of pyridine rings is 2. The van der Waals surface area contributed by atoms with Gasteiger partial charge in [-0.2, -0.15) is 5.26 Å². The number of anilines is 2. The van der Waals surface area contributed by atoms with Gasteiger partial charge in [-0.05, 0) is 68.7 Å². The Morgan fingerprint density at radius 1 is 1.03 bits per heavy atom. The van der Waals surface area contributed by atoms with Crippen molar-refractivity contribution in [3.05, 3.63) is 52.4 Å². The van der Waals surface area contributed by atoms with E-state index in [-0.39, 0.29) is 5.56 Å². The summed E-state index contributed by atoms with van der Waals surface area (Å²) in [5.74, 6) is 2.44. The highest BCUT2D eigenvalue weighted by atomic mass is 16.7. The highest BCUT2D eigenvalue weighted by Crippen LogP contribution is 2.40. The van der Waals surface area contributed by atoms with Crippen LogP contribution >= 0.6 is 0 Å². The number of hydrogen-bond acceptors (Lipinski definition) is 7. The first kappa shape index (κ1) is 22.7. The van der Waals surface area contributed by atoms with Gasteiger partial charge < -0.3 is 23.8 Å². The molecular formula is C28H31N5O3. The maximum Gasteiger partial charge on any atom is 0.252 e. The summed E-state index contributed by atoms with van der Waals surface area (Å²) in [4.78, 5) is 22.1. The van der Waals surface area contributed by atoms with E-state index >= 15 is 0 Å². The molecule has 0 spiro atoms. The average Bonchev–Trinajstić information content (AvgIpc) is 3.62. The predicted molar refractivity (Wildman–Crippen MR) is 139 cm³/mol. The molecule has 2 aliphatic carbocycles. The third-order valence-corrected chi connectivity index (χ3v) is 8.06. The third-order valence-electron chi connectivity index (χ3n) is 8.06. The Hall–Kier alpha value is -3.73. The number of benzene rings is 1. The van der Waals surface area contributed by atoms with Crippen molar-refractivity contribution in [2.24, 2.45) is 13.0 Å². The Bertz CT molecular complexity index is 1400.